The van der Waals surface area contributed by atoms with Gasteiger partial charge in [0.15, 0.2) is 0 Å². The van der Waals surface area contributed by atoms with Crippen molar-refractivity contribution in [1.82, 2.24) is 5.32 Å². The molecular formula is C15H27NO. The summed E-state index contributed by atoms with van der Waals surface area (Å²) in [5, 5.41) is 3.75. The maximum absolute atomic E-state index is 5.49. The van der Waals surface area contributed by atoms with E-state index in [1.807, 2.05) is 6.92 Å². The Morgan fingerprint density at radius 2 is 1.94 bits per heavy atom. The Bertz CT molecular complexity index is 243. The summed E-state index contributed by atoms with van der Waals surface area (Å²) in [5.74, 6) is 2.44. The average molecular weight is 237 g/mol. The van der Waals surface area contributed by atoms with Crippen LogP contribution in [-0.2, 0) is 4.74 Å². The minimum Gasteiger partial charge on any atom is -0.499 e. The molecule has 0 aromatic carbocycles. The predicted octanol–water partition coefficient (Wildman–Crippen LogP) is 3.49. The summed E-state index contributed by atoms with van der Waals surface area (Å²) in [5.41, 5.74) is 0. The molecule has 17 heavy (non-hydrogen) atoms. The highest BCUT2D eigenvalue weighted by atomic mass is 16.5. The normalized spacial score (nSPS) is 29.7. The van der Waals surface area contributed by atoms with E-state index >= 15 is 0 Å². The van der Waals surface area contributed by atoms with Crippen LogP contribution in [0.5, 0.6) is 0 Å². The van der Waals surface area contributed by atoms with Crippen molar-refractivity contribution in [1.29, 1.82) is 0 Å². The Balaban J connectivity index is 1.61. The van der Waals surface area contributed by atoms with Gasteiger partial charge in [0.1, 0.15) is 0 Å². The molecule has 0 aromatic rings. The first-order valence-corrected chi connectivity index (χ1v) is 7.36. The first kappa shape index (κ1) is 12.9. The number of hydrogen-bond donors (Lipinski definition) is 1. The summed E-state index contributed by atoms with van der Waals surface area (Å²) in [6.45, 7) is 7.98. The van der Waals surface area contributed by atoms with Gasteiger partial charge in [-0.15, -0.1) is 0 Å². The Morgan fingerprint density at radius 1 is 1.24 bits per heavy atom. The second kappa shape index (κ2) is 6.44. The third kappa shape index (κ3) is 4.02. The van der Waals surface area contributed by atoms with Crippen molar-refractivity contribution in [3.05, 3.63) is 12.3 Å². The Kier molecular flexibility index (Phi) is 4.90. The smallest absolute Gasteiger partial charge is 0.0922 e. The van der Waals surface area contributed by atoms with Gasteiger partial charge in [0.2, 0.25) is 0 Å². The summed E-state index contributed by atoms with van der Waals surface area (Å²) in [7, 11) is 0. The maximum atomic E-state index is 5.49. The molecule has 2 heteroatoms. The van der Waals surface area contributed by atoms with Gasteiger partial charge in [-0.05, 0) is 38.6 Å². The van der Waals surface area contributed by atoms with E-state index in [1.54, 1.807) is 0 Å². The van der Waals surface area contributed by atoms with Crippen LogP contribution in [0.25, 0.3) is 0 Å². The van der Waals surface area contributed by atoms with Crippen LogP contribution in [0.3, 0.4) is 0 Å². The zero-order chi connectivity index (χ0) is 12.1. The van der Waals surface area contributed by atoms with E-state index in [0.717, 1.165) is 24.3 Å². The van der Waals surface area contributed by atoms with Gasteiger partial charge in [-0.1, -0.05) is 32.3 Å². The number of allylic oxidation sites excluding steroid dienone is 1. The van der Waals surface area contributed by atoms with Gasteiger partial charge in [-0.25, -0.2) is 0 Å². The Hall–Kier alpha value is -0.500. The van der Waals surface area contributed by atoms with Gasteiger partial charge >= 0.3 is 0 Å². The lowest BCUT2D eigenvalue weighted by molar-refractivity contribution is 0.211. The van der Waals surface area contributed by atoms with Gasteiger partial charge < -0.3 is 10.1 Å². The van der Waals surface area contributed by atoms with Crippen molar-refractivity contribution < 1.29 is 4.74 Å². The molecule has 0 aromatic heterocycles. The molecule has 2 aliphatic carbocycles. The second-order valence-corrected chi connectivity index (χ2v) is 5.60. The fourth-order valence-corrected chi connectivity index (χ4v) is 2.96. The number of hydrogen-bond acceptors (Lipinski definition) is 2. The molecule has 2 aliphatic rings. The van der Waals surface area contributed by atoms with Crippen LogP contribution in [0.4, 0.5) is 0 Å². The van der Waals surface area contributed by atoms with Gasteiger partial charge in [0, 0.05) is 12.0 Å². The van der Waals surface area contributed by atoms with Crippen LogP contribution in [0.15, 0.2) is 12.3 Å². The first-order chi connectivity index (χ1) is 8.31. The number of ether oxygens (including phenoxy) is 1. The molecule has 2 unspecified atom stereocenters. The third-order valence-corrected chi connectivity index (χ3v) is 4.19. The van der Waals surface area contributed by atoms with Crippen LogP contribution in [0.1, 0.15) is 51.9 Å². The minimum absolute atomic E-state index is 0.633. The lowest BCUT2D eigenvalue weighted by atomic mass is 10.1. The highest BCUT2D eigenvalue weighted by molar-refractivity contribution is 5.06. The third-order valence-electron chi connectivity index (χ3n) is 4.19. The molecule has 1 N–H and O–H groups in total. The standard InChI is InChI=1S/C15H27NO/c1-3-17-12(2)15-10-13(15)11-16-14-8-6-4-5-7-9-14/h13-16H,2-11H2,1H3. The molecule has 0 heterocycles. The van der Waals surface area contributed by atoms with Crippen molar-refractivity contribution in [2.75, 3.05) is 13.2 Å². The molecule has 0 radical (unpaired) electrons. The molecule has 2 nitrogen and oxygen atoms in total. The SMILES string of the molecule is C=C(OCC)C1CC1CNC1CCCCCC1. The summed E-state index contributed by atoms with van der Waals surface area (Å²) in [4.78, 5) is 0. The van der Waals surface area contributed by atoms with Gasteiger partial charge in [-0.2, -0.15) is 0 Å². The molecule has 2 atom stereocenters. The molecular weight excluding hydrogens is 210 g/mol. The van der Waals surface area contributed by atoms with Crippen LogP contribution < -0.4 is 5.32 Å². The van der Waals surface area contributed by atoms with Crippen molar-refractivity contribution in [3.8, 4) is 0 Å². The van der Waals surface area contributed by atoms with Gasteiger partial charge in [0.25, 0.3) is 0 Å². The molecule has 0 spiro atoms. The van der Waals surface area contributed by atoms with E-state index in [2.05, 4.69) is 11.9 Å². The fourth-order valence-electron chi connectivity index (χ4n) is 2.96. The van der Waals surface area contributed by atoms with E-state index < -0.39 is 0 Å². The lowest BCUT2D eigenvalue weighted by Gasteiger charge is -2.16. The fraction of sp³-hybridized carbons (Fsp3) is 0.867. The van der Waals surface area contributed by atoms with Gasteiger partial charge in [-0.3, -0.25) is 0 Å². The summed E-state index contributed by atoms with van der Waals surface area (Å²) in [6, 6.07) is 0.777. The van der Waals surface area contributed by atoms with Crippen molar-refractivity contribution in [2.24, 2.45) is 11.8 Å². The maximum Gasteiger partial charge on any atom is 0.0922 e. The van der Waals surface area contributed by atoms with Crippen LogP contribution in [-0.4, -0.2) is 19.2 Å². The summed E-state index contributed by atoms with van der Waals surface area (Å²) < 4.78 is 5.49. The number of nitrogens with one attached hydrogen (secondary N) is 1. The highest BCUT2D eigenvalue weighted by Crippen LogP contribution is 2.43. The molecule has 0 amide bonds. The predicted molar refractivity (Wildman–Crippen MR) is 71.9 cm³/mol. The molecule has 0 saturated heterocycles. The molecule has 2 rings (SSSR count). The Morgan fingerprint density at radius 3 is 2.59 bits per heavy atom. The van der Waals surface area contributed by atoms with Crippen molar-refractivity contribution in [3.63, 3.8) is 0 Å². The summed E-state index contributed by atoms with van der Waals surface area (Å²) in [6.07, 6.45) is 9.73. The van der Waals surface area contributed by atoms with Crippen LogP contribution >= 0.6 is 0 Å². The molecule has 0 bridgehead atoms. The van der Waals surface area contributed by atoms with E-state index in [1.165, 1.54) is 51.5 Å². The zero-order valence-corrected chi connectivity index (χ0v) is 11.2. The van der Waals surface area contributed by atoms with E-state index in [-0.39, 0.29) is 0 Å². The Labute approximate surface area is 106 Å². The van der Waals surface area contributed by atoms with E-state index in [0.29, 0.717) is 5.92 Å². The molecule has 2 fully saturated rings. The monoisotopic (exact) mass is 237 g/mol. The summed E-state index contributed by atoms with van der Waals surface area (Å²) >= 11 is 0. The topological polar surface area (TPSA) is 21.3 Å². The molecule has 0 aliphatic heterocycles. The molecule has 98 valence electrons. The molecule has 2 saturated carbocycles. The van der Waals surface area contributed by atoms with E-state index in [4.69, 9.17) is 4.74 Å². The zero-order valence-electron chi connectivity index (χ0n) is 11.2. The first-order valence-electron chi connectivity index (χ1n) is 7.36. The highest BCUT2D eigenvalue weighted by Gasteiger charge is 2.40. The average Bonchev–Trinajstić information content (AvgIpc) is 3.11. The largest absolute Gasteiger partial charge is 0.499 e. The van der Waals surface area contributed by atoms with E-state index in [9.17, 15) is 0 Å². The second-order valence-electron chi connectivity index (χ2n) is 5.60. The lowest BCUT2D eigenvalue weighted by Crippen LogP contribution is -2.30. The van der Waals surface area contributed by atoms with Crippen molar-refractivity contribution >= 4 is 0 Å². The number of rotatable bonds is 6. The van der Waals surface area contributed by atoms with Gasteiger partial charge in [0.05, 0.1) is 12.4 Å². The minimum atomic E-state index is 0.633. The van der Waals surface area contributed by atoms with Crippen LogP contribution in [0, 0.1) is 11.8 Å². The van der Waals surface area contributed by atoms with Crippen LogP contribution in [0.2, 0.25) is 0 Å². The van der Waals surface area contributed by atoms with Crippen molar-refractivity contribution in [2.45, 2.75) is 57.9 Å². The quantitative estimate of drug-likeness (QED) is 0.564.